The van der Waals surface area contributed by atoms with Crippen LogP contribution in [0.15, 0.2) is 188 Å². The van der Waals surface area contributed by atoms with E-state index in [4.69, 9.17) is 15.0 Å². The minimum Gasteiger partial charge on any atom is -0.310 e. The Morgan fingerprint density at radius 3 is 1.87 bits per heavy atom. The molecule has 0 N–H and O–H groups in total. The van der Waals surface area contributed by atoms with Crippen molar-refractivity contribution in [3.63, 3.8) is 0 Å². The molecule has 0 radical (unpaired) electrons. The third kappa shape index (κ3) is 4.92. The van der Waals surface area contributed by atoms with Gasteiger partial charge in [-0.05, 0) is 79.3 Å². The van der Waals surface area contributed by atoms with E-state index in [1.165, 1.54) is 77.0 Å². The Bertz CT molecular complexity index is 3480. The lowest BCUT2D eigenvalue weighted by Gasteiger charge is -2.37. The standard InChI is InChI=1S/C56H37BN4/c1-56(2)45-24-12-10-22-41(45)43-31-37(27-29-46(43)56)54-58-53(36-17-4-3-5-18-36)59-55(60-54)38-32-44-42-23-11-13-25-47(42)57-48-30-28-35-16-7-9-21-40(35)52(48)61(50(33-38)51(44)57)49-26-14-19-34-15-6-8-20-39(34)49/h3-33H,1-2H3. The van der Waals surface area contributed by atoms with Crippen LogP contribution in [0.5, 0.6) is 0 Å². The van der Waals surface area contributed by atoms with Crippen molar-refractivity contribution in [1.82, 2.24) is 15.0 Å². The van der Waals surface area contributed by atoms with Gasteiger partial charge in [0.1, 0.15) is 0 Å². The van der Waals surface area contributed by atoms with Gasteiger partial charge in [0.05, 0.1) is 5.69 Å². The van der Waals surface area contributed by atoms with Crippen LogP contribution in [-0.4, -0.2) is 21.7 Å². The quantitative estimate of drug-likeness (QED) is 0.167. The molecular formula is C56H37BN4. The third-order valence-corrected chi connectivity index (χ3v) is 13.5. The van der Waals surface area contributed by atoms with Gasteiger partial charge in [-0.2, -0.15) is 0 Å². The Morgan fingerprint density at radius 1 is 0.410 bits per heavy atom. The lowest BCUT2D eigenvalue weighted by Crippen LogP contribution is -2.54. The maximum Gasteiger partial charge on any atom is 0.248 e. The van der Waals surface area contributed by atoms with Crippen LogP contribution in [0, 0.1) is 0 Å². The molecule has 1 aromatic heterocycles. The maximum atomic E-state index is 5.41. The Labute approximate surface area is 355 Å². The molecule has 0 saturated carbocycles. The average Bonchev–Trinajstić information content (AvgIpc) is 3.77. The molecular weight excluding hydrogens is 739 g/mol. The second-order valence-corrected chi connectivity index (χ2v) is 17.1. The van der Waals surface area contributed by atoms with Crippen molar-refractivity contribution in [2.45, 2.75) is 19.3 Å². The second kappa shape index (κ2) is 12.7. The van der Waals surface area contributed by atoms with Crippen molar-refractivity contribution in [3.8, 4) is 56.4 Å². The average molecular weight is 777 g/mol. The van der Waals surface area contributed by atoms with E-state index in [-0.39, 0.29) is 12.1 Å². The molecule has 1 aliphatic carbocycles. The van der Waals surface area contributed by atoms with E-state index >= 15 is 0 Å². The minimum absolute atomic E-state index is 0.0772. The van der Waals surface area contributed by atoms with E-state index in [1.54, 1.807) is 0 Å². The SMILES string of the molecule is CC1(C)c2ccccc2-c2cc(-c3nc(-c4ccccc4)nc(-c4cc5c6c(c4)N(c4cccc7ccccc47)c4c(ccc7ccccc47)B6c4ccccc4-5)n3)ccc21. The van der Waals surface area contributed by atoms with Crippen LogP contribution in [0.4, 0.5) is 17.1 Å². The van der Waals surface area contributed by atoms with Crippen molar-refractivity contribution in [2.75, 3.05) is 4.90 Å². The Morgan fingerprint density at radius 2 is 1.03 bits per heavy atom. The van der Waals surface area contributed by atoms with Gasteiger partial charge in [0.15, 0.2) is 17.5 Å². The predicted molar refractivity (Wildman–Crippen MR) is 253 cm³/mol. The van der Waals surface area contributed by atoms with E-state index in [0.717, 1.165) is 28.1 Å². The molecule has 13 rings (SSSR count). The summed E-state index contributed by atoms with van der Waals surface area (Å²) in [5.74, 6) is 1.95. The van der Waals surface area contributed by atoms with Crippen molar-refractivity contribution < 1.29 is 0 Å². The molecule has 0 bridgehead atoms. The molecule has 5 heteroatoms. The number of aromatic nitrogens is 3. The van der Waals surface area contributed by atoms with E-state index in [9.17, 15) is 0 Å². The van der Waals surface area contributed by atoms with Gasteiger partial charge in [-0.25, -0.2) is 15.0 Å². The fraction of sp³-hybridized carbons (Fsp3) is 0.0536. The summed E-state index contributed by atoms with van der Waals surface area (Å²) >= 11 is 0. The Kier molecular flexibility index (Phi) is 7.13. The van der Waals surface area contributed by atoms with Gasteiger partial charge < -0.3 is 4.90 Å². The van der Waals surface area contributed by atoms with E-state index in [0.29, 0.717) is 17.5 Å². The smallest absolute Gasteiger partial charge is 0.248 e. The summed E-state index contributed by atoms with van der Waals surface area (Å²) in [7, 11) is 0. The summed E-state index contributed by atoms with van der Waals surface area (Å²) in [5.41, 5.74) is 17.9. The molecule has 0 amide bonds. The fourth-order valence-electron chi connectivity index (χ4n) is 10.7. The zero-order chi connectivity index (χ0) is 40.4. The summed E-state index contributed by atoms with van der Waals surface area (Å²) < 4.78 is 0. The topological polar surface area (TPSA) is 41.9 Å². The summed E-state index contributed by atoms with van der Waals surface area (Å²) in [6.45, 7) is 4.71. The van der Waals surface area contributed by atoms with E-state index in [1.807, 2.05) is 18.2 Å². The van der Waals surface area contributed by atoms with Crippen molar-refractivity contribution >= 4 is 61.7 Å². The first-order chi connectivity index (χ1) is 30.0. The molecule has 2 aliphatic heterocycles. The zero-order valence-corrected chi connectivity index (χ0v) is 33.8. The second-order valence-electron chi connectivity index (χ2n) is 17.1. The number of benzene rings is 9. The molecule has 0 atom stereocenters. The first kappa shape index (κ1) is 34.3. The van der Waals surface area contributed by atoms with Crippen LogP contribution in [0.1, 0.15) is 25.0 Å². The lowest BCUT2D eigenvalue weighted by molar-refractivity contribution is 0.660. The molecule has 4 nitrogen and oxygen atoms in total. The summed E-state index contributed by atoms with van der Waals surface area (Å²) in [4.78, 5) is 18.5. The highest BCUT2D eigenvalue weighted by Crippen LogP contribution is 2.50. The van der Waals surface area contributed by atoms with Crippen LogP contribution in [-0.2, 0) is 5.41 Å². The number of hydrogen-bond donors (Lipinski definition) is 0. The molecule has 0 saturated heterocycles. The van der Waals surface area contributed by atoms with Gasteiger partial charge in [-0.3, -0.25) is 0 Å². The predicted octanol–water partition coefficient (Wildman–Crippen LogP) is 11.8. The van der Waals surface area contributed by atoms with Crippen LogP contribution in [0.2, 0.25) is 0 Å². The van der Waals surface area contributed by atoms with Gasteiger partial charge in [-0.1, -0.05) is 183 Å². The van der Waals surface area contributed by atoms with Gasteiger partial charge in [0.25, 0.3) is 0 Å². The fourth-order valence-corrected chi connectivity index (χ4v) is 10.7. The Balaban J connectivity index is 1.10. The largest absolute Gasteiger partial charge is 0.310 e. The van der Waals surface area contributed by atoms with Gasteiger partial charge in [-0.15, -0.1) is 0 Å². The lowest BCUT2D eigenvalue weighted by atomic mass is 9.37. The first-order valence-corrected chi connectivity index (χ1v) is 21.1. The van der Waals surface area contributed by atoms with Crippen molar-refractivity contribution in [3.05, 3.63) is 199 Å². The van der Waals surface area contributed by atoms with Crippen molar-refractivity contribution in [2.24, 2.45) is 0 Å². The normalized spacial score (nSPS) is 13.8. The van der Waals surface area contributed by atoms with E-state index < -0.39 is 0 Å². The molecule has 61 heavy (non-hydrogen) atoms. The highest BCUT2D eigenvalue weighted by Gasteiger charge is 2.44. The van der Waals surface area contributed by atoms with Crippen LogP contribution >= 0.6 is 0 Å². The number of nitrogens with zero attached hydrogens (tertiary/aromatic N) is 4. The monoisotopic (exact) mass is 776 g/mol. The molecule has 0 fully saturated rings. The first-order valence-electron chi connectivity index (χ1n) is 21.1. The molecule has 284 valence electrons. The molecule has 3 heterocycles. The number of anilines is 3. The minimum atomic E-state index is -0.0935. The maximum absolute atomic E-state index is 5.41. The van der Waals surface area contributed by atoms with Crippen LogP contribution in [0.25, 0.3) is 78.0 Å². The highest BCUT2D eigenvalue weighted by atomic mass is 15.2. The highest BCUT2D eigenvalue weighted by molar-refractivity contribution is 7.01. The van der Waals surface area contributed by atoms with E-state index in [2.05, 4.69) is 189 Å². The molecule has 0 unspecified atom stereocenters. The van der Waals surface area contributed by atoms with Gasteiger partial charge in [0, 0.05) is 44.3 Å². The van der Waals surface area contributed by atoms with Crippen LogP contribution in [0.3, 0.4) is 0 Å². The molecule has 0 spiro atoms. The molecule has 10 aromatic rings. The molecule has 9 aromatic carbocycles. The third-order valence-electron chi connectivity index (χ3n) is 13.5. The Hall–Kier alpha value is -7.63. The van der Waals surface area contributed by atoms with Crippen molar-refractivity contribution in [1.29, 1.82) is 0 Å². The summed E-state index contributed by atoms with van der Waals surface area (Å²) in [6, 6.07) is 68.4. The number of fused-ring (bicyclic) bond motifs is 11. The molecule has 3 aliphatic rings. The number of rotatable bonds is 4. The summed E-state index contributed by atoms with van der Waals surface area (Å²) in [6.07, 6.45) is 0. The van der Waals surface area contributed by atoms with Gasteiger partial charge in [0.2, 0.25) is 6.71 Å². The summed E-state index contributed by atoms with van der Waals surface area (Å²) in [5, 5.41) is 4.85. The van der Waals surface area contributed by atoms with Crippen LogP contribution < -0.4 is 21.3 Å². The van der Waals surface area contributed by atoms with Gasteiger partial charge >= 0.3 is 0 Å². The zero-order valence-electron chi connectivity index (χ0n) is 33.8. The number of hydrogen-bond acceptors (Lipinski definition) is 4.